The average molecular weight is 776 g/mol. The molecule has 0 radical (unpaired) electrons. The summed E-state index contributed by atoms with van der Waals surface area (Å²) in [6.07, 6.45) is 1.76. The van der Waals surface area contributed by atoms with Gasteiger partial charge in [-0.15, -0.1) is 0 Å². The normalized spacial score (nSPS) is 13.1. The van der Waals surface area contributed by atoms with Crippen LogP contribution in [0.3, 0.4) is 0 Å². The molecule has 1 amide bonds. The number of nitrogens with zero attached hydrogens (tertiary/aromatic N) is 4. The number of ether oxygens (including phenoxy) is 2. The summed E-state index contributed by atoms with van der Waals surface area (Å²) in [6, 6.07) is 4.02. The first kappa shape index (κ1) is 53.0. The molecule has 308 valence electrons. The molecule has 0 aromatic carbocycles. The third kappa shape index (κ3) is 22.1. The lowest BCUT2D eigenvalue weighted by molar-refractivity contribution is -0.173. The highest BCUT2D eigenvalue weighted by Crippen LogP contribution is 2.51. The number of rotatable bonds is 26. The van der Waals surface area contributed by atoms with Gasteiger partial charge in [-0.3, -0.25) is 23.5 Å². The van der Waals surface area contributed by atoms with Crippen molar-refractivity contribution in [2.24, 2.45) is 0 Å². The Bertz CT molecular complexity index is 793. The fourth-order valence-electron chi connectivity index (χ4n) is 6.62. The Balaban J connectivity index is 0. The van der Waals surface area contributed by atoms with Crippen molar-refractivity contribution in [1.29, 1.82) is 0 Å². The Morgan fingerprint density at radius 2 is 0.804 bits per heavy atom. The maximum absolute atomic E-state index is 12.1. The van der Waals surface area contributed by atoms with Gasteiger partial charge in [0.25, 0.3) is 0 Å². The third-order valence-electron chi connectivity index (χ3n) is 8.02. The summed E-state index contributed by atoms with van der Waals surface area (Å²) in [5.41, 5.74) is 0. The van der Waals surface area contributed by atoms with Gasteiger partial charge < -0.3 is 14.8 Å². The van der Waals surface area contributed by atoms with E-state index in [-0.39, 0.29) is 21.4 Å². The van der Waals surface area contributed by atoms with Gasteiger partial charge in [-0.25, -0.2) is 0 Å². The van der Waals surface area contributed by atoms with Gasteiger partial charge in [0.15, 0.2) is 0 Å². The minimum atomic E-state index is -4.84. The first-order valence-corrected chi connectivity index (χ1v) is 22.6. The van der Waals surface area contributed by atoms with Crippen LogP contribution in [-0.2, 0) is 14.3 Å². The number of halogens is 3. The van der Waals surface area contributed by atoms with E-state index >= 15 is 0 Å². The van der Waals surface area contributed by atoms with Crippen LogP contribution >= 0.6 is 16.4 Å². The van der Waals surface area contributed by atoms with E-state index in [9.17, 15) is 18.0 Å². The molecule has 0 atom stereocenters. The molecule has 0 bridgehead atoms. The zero-order valence-electron chi connectivity index (χ0n) is 35.9. The molecule has 0 saturated carbocycles. The van der Waals surface area contributed by atoms with Crippen LogP contribution in [0.25, 0.3) is 0 Å². The van der Waals surface area contributed by atoms with E-state index in [0.29, 0.717) is 54.9 Å². The van der Waals surface area contributed by atoms with Gasteiger partial charge in [0.2, 0.25) is 0 Å². The Hall–Kier alpha value is -0.120. The van der Waals surface area contributed by atoms with Crippen molar-refractivity contribution < 1.29 is 27.4 Å². The van der Waals surface area contributed by atoms with Gasteiger partial charge in [-0.1, -0.05) is 13.3 Å². The lowest BCUT2D eigenvalue weighted by Gasteiger charge is -2.47. The number of alkyl halides is 3. The summed E-state index contributed by atoms with van der Waals surface area (Å²) in [4.78, 5) is 10.7. The summed E-state index contributed by atoms with van der Waals surface area (Å²) < 4.78 is 58.2. The van der Waals surface area contributed by atoms with Gasteiger partial charge in [0, 0.05) is 91.1 Å². The molecule has 0 aromatic rings. The van der Waals surface area contributed by atoms with Crippen molar-refractivity contribution in [1.82, 2.24) is 24.0 Å². The molecule has 0 aromatic heterocycles. The van der Waals surface area contributed by atoms with Crippen LogP contribution in [0, 0.1) is 0 Å². The zero-order chi connectivity index (χ0) is 40.1. The van der Waals surface area contributed by atoms with Gasteiger partial charge >= 0.3 is 12.1 Å². The van der Waals surface area contributed by atoms with Gasteiger partial charge in [-0.2, -0.15) is 13.2 Å². The highest BCUT2D eigenvalue weighted by Gasteiger charge is 2.38. The Labute approximate surface area is 316 Å². The second kappa shape index (κ2) is 28.3. The molecule has 1 N–H and O–H groups in total. The van der Waals surface area contributed by atoms with Crippen LogP contribution < -0.4 is 5.32 Å². The first-order chi connectivity index (χ1) is 23.5. The van der Waals surface area contributed by atoms with Crippen molar-refractivity contribution in [3.8, 4) is 0 Å². The first-order valence-electron chi connectivity index (χ1n) is 19.7. The third-order valence-corrected chi connectivity index (χ3v) is 15.3. The molecule has 0 saturated heterocycles. The van der Waals surface area contributed by atoms with E-state index in [4.69, 9.17) is 9.47 Å². The SMILES string of the molecule is CC(C)N(C(C)C)P(CCCOCCNC(=O)C(F)(F)F)N(C(C)C)C(C)C.CCCCOCCCP(N(C(C)C)C(C)C)N(C(C)C)C(C)C. The molecule has 0 aliphatic rings. The van der Waals surface area contributed by atoms with Crippen LogP contribution in [-0.4, -0.2) is 124 Å². The van der Waals surface area contributed by atoms with Gasteiger partial charge in [-0.05, 0) is 142 Å². The molecule has 0 rings (SSSR count). The van der Waals surface area contributed by atoms with Crippen molar-refractivity contribution in [3.63, 3.8) is 0 Å². The zero-order valence-corrected chi connectivity index (χ0v) is 37.7. The quantitative estimate of drug-likeness (QED) is 0.0694. The van der Waals surface area contributed by atoms with Crippen LogP contribution in [0.15, 0.2) is 0 Å². The van der Waals surface area contributed by atoms with Crippen LogP contribution in [0.1, 0.15) is 143 Å². The summed E-state index contributed by atoms with van der Waals surface area (Å²) in [5.74, 6) is -1.92. The largest absolute Gasteiger partial charge is 0.471 e. The maximum atomic E-state index is 12.1. The van der Waals surface area contributed by atoms with E-state index in [1.54, 1.807) is 0 Å². The predicted octanol–water partition coefficient (Wildman–Crippen LogP) is 10.4. The molecule has 0 unspecified atom stereocenters. The molecular formula is C38H82F3N5O3P2. The number of carbonyl (C=O) groups excluding carboxylic acids is 1. The van der Waals surface area contributed by atoms with E-state index in [2.05, 4.69) is 136 Å². The standard InChI is InChI=1S/C19H39F3N3O2P.C19H43N2OP/c1-14(2)24(15(3)4)28(25(16(5)6)17(7)8)13-9-11-27-12-10-23-18(26)19(20,21)22;1-10-11-13-22-14-12-15-23(20(16(2)3)17(4)5)21(18(6)7)19(8)9/h14-17H,9-13H2,1-8H3,(H,23,26);16-19H,10-15H2,1-9H3. The predicted molar refractivity (Wildman–Crippen MR) is 217 cm³/mol. The smallest absolute Gasteiger partial charge is 0.381 e. The monoisotopic (exact) mass is 776 g/mol. The Kier molecular flexibility index (Phi) is 29.4. The fourth-order valence-corrected chi connectivity index (χ4v) is 13.1. The topological polar surface area (TPSA) is 60.5 Å². The number of hydrogen-bond donors (Lipinski definition) is 1. The molecule has 0 fully saturated rings. The van der Waals surface area contributed by atoms with Crippen molar-refractivity contribution in [2.75, 3.05) is 45.3 Å². The maximum Gasteiger partial charge on any atom is 0.471 e. The second-order valence-electron chi connectivity index (χ2n) is 15.5. The van der Waals surface area contributed by atoms with Crippen LogP contribution in [0.5, 0.6) is 0 Å². The van der Waals surface area contributed by atoms with E-state index in [1.165, 1.54) is 25.4 Å². The summed E-state index contributed by atoms with van der Waals surface area (Å²) in [7, 11) is -0.811. The summed E-state index contributed by atoms with van der Waals surface area (Å²) in [6.45, 7) is 40.9. The van der Waals surface area contributed by atoms with E-state index in [0.717, 1.165) is 25.8 Å². The summed E-state index contributed by atoms with van der Waals surface area (Å²) in [5, 5.41) is 1.82. The molecule has 0 spiro atoms. The minimum absolute atomic E-state index is 0.0793. The molecule has 8 nitrogen and oxygen atoms in total. The average Bonchev–Trinajstić information content (AvgIpc) is 2.96. The number of hydrogen-bond acceptors (Lipinski definition) is 7. The number of carbonyl (C=O) groups is 1. The number of amides is 1. The fraction of sp³-hybridized carbons (Fsp3) is 0.974. The lowest BCUT2D eigenvalue weighted by Crippen LogP contribution is -2.43. The molecule has 51 heavy (non-hydrogen) atoms. The number of nitrogens with one attached hydrogen (secondary N) is 1. The Morgan fingerprint density at radius 3 is 1.06 bits per heavy atom. The Morgan fingerprint density at radius 1 is 0.529 bits per heavy atom. The highest BCUT2D eigenvalue weighted by atomic mass is 31.1. The van der Waals surface area contributed by atoms with E-state index in [1.807, 2.05) is 5.32 Å². The molecule has 13 heteroatoms. The van der Waals surface area contributed by atoms with E-state index < -0.39 is 20.3 Å². The molecular weight excluding hydrogens is 693 g/mol. The lowest BCUT2D eigenvalue weighted by atomic mass is 10.3. The van der Waals surface area contributed by atoms with Crippen LogP contribution in [0.2, 0.25) is 0 Å². The molecule has 0 aliphatic heterocycles. The van der Waals surface area contributed by atoms with Crippen molar-refractivity contribution >= 4 is 22.4 Å². The molecule has 0 aliphatic carbocycles. The van der Waals surface area contributed by atoms with Gasteiger partial charge in [0.05, 0.1) is 6.61 Å². The minimum Gasteiger partial charge on any atom is -0.381 e. The van der Waals surface area contributed by atoms with Gasteiger partial charge in [0.1, 0.15) is 0 Å². The number of unbranched alkanes of at least 4 members (excludes halogenated alkanes) is 1. The summed E-state index contributed by atoms with van der Waals surface area (Å²) >= 11 is 0. The second-order valence-corrected chi connectivity index (χ2v) is 19.7. The molecule has 0 heterocycles. The van der Waals surface area contributed by atoms with Crippen molar-refractivity contribution in [3.05, 3.63) is 0 Å². The van der Waals surface area contributed by atoms with Crippen LogP contribution in [0.4, 0.5) is 13.2 Å². The van der Waals surface area contributed by atoms with Crippen molar-refractivity contribution in [2.45, 2.75) is 198 Å². The highest BCUT2D eigenvalue weighted by molar-refractivity contribution is 7.53.